The van der Waals surface area contributed by atoms with Gasteiger partial charge in [0.15, 0.2) is 4.83 Å². The van der Waals surface area contributed by atoms with Crippen LogP contribution in [0.3, 0.4) is 0 Å². The van der Waals surface area contributed by atoms with Gasteiger partial charge in [-0.15, -0.1) is 0 Å². The highest BCUT2D eigenvalue weighted by atomic mass is 32.2. The number of amides is 1. The Bertz CT molecular complexity index is 1290. The SMILES string of the molecule is C=C(C)Cn1c(SCC(=O)Nc2ccccc2C(=O)OC)[nH+]c2sc3c(c2c1=O)CCC3. The van der Waals surface area contributed by atoms with Crippen molar-refractivity contribution in [3.63, 3.8) is 0 Å². The van der Waals surface area contributed by atoms with Crippen LogP contribution in [0.1, 0.15) is 34.1 Å². The predicted octanol–water partition coefficient (Wildman–Crippen LogP) is 3.46. The van der Waals surface area contributed by atoms with Gasteiger partial charge in [-0.25, -0.2) is 14.6 Å². The van der Waals surface area contributed by atoms with Crippen LogP contribution in [0.25, 0.3) is 10.2 Å². The number of H-pyrrole nitrogens is 1. The number of aromatic nitrogens is 2. The Hall–Kier alpha value is -2.91. The number of nitrogens with one attached hydrogen (secondary N) is 2. The van der Waals surface area contributed by atoms with Crippen molar-refractivity contribution >= 4 is 50.9 Å². The van der Waals surface area contributed by atoms with Crippen molar-refractivity contribution in [3.8, 4) is 0 Å². The van der Waals surface area contributed by atoms with E-state index >= 15 is 0 Å². The summed E-state index contributed by atoms with van der Waals surface area (Å²) in [7, 11) is 1.30. The van der Waals surface area contributed by atoms with E-state index in [2.05, 4.69) is 16.9 Å². The molecule has 0 atom stereocenters. The van der Waals surface area contributed by atoms with E-state index in [0.29, 0.717) is 17.4 Å². The minimum absolute atomic E-state index is 0.0416. The molecule has 2 N–H and O–H groups in total. The Kier molecular flexibility index (Phi) is 6.48. The number of anilines is 1. The Morgan fingerprint density at radius 2 is 2.09 bits per heavy atom. The quantitative estimate of drug-likeness (QED) is 0.247. The monoisotopic (exact) mass is 470 g/mol. The number of nitrogens with zero attached hydrogens (tertiary/aromatic N) is 1. The van der Waals surface area contributed by atoms with E-state index in [0.717, 1.165) is 40.6 Å². The highest BCUT2D eigenvalue weighted by Crippen LogP contribution is 2.34. The second-order valence-electron chi connectivity index (χ2n) is 7.71. The number of esters is 1. The van der Waals surface area contributed by atoms with Crippen LogP contribution < -0.4 is 15.9 Å². The van der Waals surface area contributed by atoms with Crippen LogP contribution in [0.4, 0.5) is 5.69 Å². The maximum Gasteiger partial charge on any atom is 0.347 e. The first-order valence-electron chi connectivity index (χ1n) is 10.2. The zero-order valence-corrected chi connectivity index (χ0v) is 19.6. The average Bonchev–Trinajstić information content (AvgIpc) is 3.35. The summed E-state index contributed by atoms with van der Waals surface area (Å²) in [5.74, 6) is -0.741. The molecular weight excluding hydrogens is 446 g/mol. The number of hydrogen-bond donors (Lipinski definition) is 1. The van der Waals surface area contributed by atoms with Crippen LogP contribution in [0, 0.1) is 0 Å². The van der Waals surface area contributed by atoms with Gasteiger partial charge in [-0.05, 0) is 61.2 Å². The molecule has 0 saturated carbocycles. The number of benzene rings is 1. The molecule has 1 amide bonds. The molecule has 1 aliphatic rings. The number of hydrogen-bond acceptors (Lipinski definition) is 6. The van der Waals surface area contributed by atoms with Gasteiger partial charge in [0.1, 0.15) is 11.9 Å². The zero-order valence-electron chi connectivity index (χ0n) is 17.9. The minimum Gasteiger partial charge on any atom is -0.465 e. The molecule has 0 saturated heterocycles. The van der Waals surface area contributed by atoms with E-state index in [1.54, 1.807) is 40.2 Å². The Morgan fingerprint density at radius 3 is 2.84 bits per heavy atom. The van der Waals surface area contributed by atoms with Gasteiger partial charge < -0.3 is 10.1 Å². The summed E-state index contributed by atoms with van der Waals surface area (Å²) in [5.41, 5.74) is 2.65. The number of carbonyl (C=O) groups is 2. The molecule has 2 heterocycles. The molecule has 0 fully saturated rings. The van der Waals surface area contributed by atoms with Gasteiger partial charge in [0, 0.05) is 4.88 Å². The number of carbonyl (C=O) groups excluding carboxylic acids is 2. The number of aromatic amines is 1. The largest absolute Gasteiger partial charge is 0.465 e. The molecular formula is C23H24N3O4S2+. The molecule has 1 aliphatic carbocycles. The number of thioether (sulfide) groups is 1. The number of aryl methyl sites for hydroxylation is 2. The average molecular weight is 471 g/mol. The zero-order chi connectivity index (χ0) is 22.8. The third kappa shape index (κ3) is 4.35. The molecule has 9 heteroatoms. The third-order valence-corrected chi connectivity index (χ3v) is 7.43. The summed E-state index contributed by atoms with van der Waals surface area (Å²) in [6.45, 7) is 6.21. The molecule has 1 aromatic carbocycles. The van der Waals surface area contributed by atoms with Gasteiger partial charge >= 0.3 is 16.7 Å². The van der Waals surface area contributed by atoms with Crippen molar-refractivity contribution in [3.05, 3.63) is 62.8 Å². The van der Waals surface area contributed by atoms with E-state index < -0.39 is 5.97 Å². The number of methoxy groups -OCH3 is 1. The lowest BCUT2D eigenvalue weighted by Gasteiger charge is -2.09. The summed E-state index contributed by atoms with van der Waals surface area (Å²) >= 11 is 2.88. The third-order valence-electron chi connectivity index (χ3n) is 5.22. The normalized spacial score (nSPS) is 12.6. The maximum atomic E-state index is 13.3. The Labute approximate surface area is 193 Å². The van der Waals surface area contributed by atoms with Gasteiger partial charge in [-0.1, -0.05) is 30.0 Å². The van der Waals surface area contributed by atoms with Crippen molar-refractivity contribution in [2.75, 3.05) is 18.2 Å². The first kappa shape index (κ1) is 22.3. The molecule has 2 aromatic heterocycles. The summed E-state index contributed by atoms with van der Waals surface area (Å²) in [4.78, 5) is 43.4. The number of rotatable bonds is 7. The van der Waals surface area contributed by atoms with Crippen LogP contribution in [-0.4, -0.2) is 29.3 Å². The van der Waals surface area contributed by atoms with Crippen LogP contribution in [0.15, 0.2) is 46.4 Å². The maximum absolute atomic E-state index is 13.3. The van der Waals surface area contributed by atoms with E-state index in [1.165, 1.54) is 23.7 Å². The van der Waals surface area contributed by atoms with E-state index in [4.69, 9.17) is 4.74 Å². The van der Waals surface area contributed by atoms with Crippen molar-refractivity contribution in [1.82, 2.24) is 4.57 Å². The lowest BCUT2D eigenvalue weighted by Crippen LogP contribution is -2.30. The molecule has 0 unspecified atom stereocenters. The summed E-state index contributed by atoms with van der Waals surface area (Å²) in [5, 5.41) is 4.14. The summed E-state index contributed by atoms with van der Waals surface area (Å²) < 4.78 is 6.44. The Balaban J connectivity index is 1.59. The van der Waals surface area contributed by atoms with Crippen LogP contribution in [0.5, 0.6) is 0 Å². The molecule has 0 aliphatic heterocycles. The van der Waals surface area contributed by atoms with Gasteiger partial charge in [0.25, 0.3) is 0 Å². The number of para-hydroxylation sites is 1. The number of thiophene rings is 1. The predicted molar refractivity (Wildman–Crippen MR) is 127 cm³/mol. The highest BCUT2D eigenvalue weighted by Gasteiger charge is 2.27. The van der Waals surface area contributed by atoms with Gasteiger partial charge in [-0.3, -0.25) is 4.79 Å². The fraction of sp³-hybridized carbons (Fsp3) is 0.304. The molecule has 32 heavy (non-hydrogen) atoms. The number of ether oxygens (including phenoxy) is 1. The van der Waals surface area contributed by atoms with Gasteiger partial charge in [-0.2, -0.15) is 4.57 Å². The van der Waals surface area contributed by atoms with Crippen LogP contribution >= 0.6 is 23.1 Å². The standard InChI is InChI=1S/C23H23N3O4S2/c1-13(2)11-26-21(28)19-15-8-6-10-17(15)32-20(19)25-23(26)31-12-18(27)24-16-9-5-4-7-14(16)22(29)30-3/h4-5,7,9H,1,6,8,10-12H2,2-3H3,(H,24,27)/p+1. The van der Waals surface area contributed by atoms with E-state index in [9.17, 15) is 14.4 Å². The summed E-state index contributed by atoms with van der Waals surface area (Å²) in [6, 6.07) is 6.68. The summed E-state index contributed by atoms with van der Waals surface area (Å²) in [6.07, 6.45) is 3.02. The molecule has 4 rings (SSSR count). The van der Waals surface area contributed by atoms with E-state index in [1.807, 2.05) is 6.92 Å². The second-order valence-corrected chi connectivity index (χ2v) is 9.78. The van der Waals surface area contributed by atoms with Crippen molar-refractivity contribution in [1.29, 1.82) is 0 Å². The Morgan fingerprint density at radius 1 is 1.31 bits per heavy atom. The molecule has 166 valence electrons. The fourth-order valence-corrected chi connectivity index (χ4v) is 6.00. The molecule has 0 spiro atoms. The first-order chi connectivity index (χ1) is 15.4. The second kappa shape index (κ2) is 9.30. The molecule has 0 bridgehead atoms. The van der Waals surface area contributed by atoms with E-state index in [-0.39, 0.29) is 22.8 Å². The topological polar surface area (TPSA) is 91.5 Å². The minimum atomic E-state index is -0.520. The highest BCUT2D eigenvalue weighted by molar-refractivity contribution is 7.99. The van der Waals surface area contributed by atoms with Gasteiger partial charge in [0.2, 0.25) is 5.91 Å². The fourth-order valence-electron chi connectivity index (χ4n) is 3.84. The smallest absolute Gasteiger partial charge is 0.347 e. The molecule has 0 radical (unpaired) electrons. The molecule has 3 aromatic rings. The number of fused-ring (bicyclic) bond motifs is 3. The molecule has 7 nitrogen and oxygen atoms in total. The first-order valence-corrected chi connectivity index (χ1v) is 12.0. The van der Waals surface area contributed by atoms with Crippen molar-refractivity contribution < 1.29 is 19.3 Å². The lowest BCUT2D eigenvalue weighted by atomic mass is 10.2. The van der Waals surface area contributed by atoms with Crippen LogP contribution in [-0.2, 0) is 28.9 Å². The van der Waals surface area contributed by atoms with Crippen molar-refractivity contribution in [2.45, 2.75) is 37.9 Å². The number of allylic oxidation sites excluding steroid dienone is 1. The van der Waals surface area contributed by atoms with Crippen molar-refractivity contribution in [2.24, 2.45) is 0 Å². The van der Waals surface area contributed by atoms with Crippen LogP contribution in [0.2, 0.25) is 0 Å². The lowest BCUT2D eigenvalue weighted by molar-refractivity contribution is -0.404. The van der Waals surface area contributed by atoms with Gasteiger partial charge in [0.05, 0.1) is 24.1 Å².